The summed E-state index contributed by atoms with van der Waals surface area (Å²) in [7, 11) is 0. The first-order valence-electron chi connectivity index (χ1n) is 8.15. The van der Waals surface area contributed by atoms with E-state index in [1.807, 2.05) is 58.0 Å². The van der Waals surface area contributed by atoms with Crippen LogP contribution in [0.25, 0.3) is 0 Å². The fourth-order valence-corrected chi connectivity index (χ4v) is 2.79. The predicted octanol–water partition coefficient (Wildman–Crippen LogP) is 3.73. The van der Waals surface area contributed by atoms with Gasteiger partial charge in [-0.2, -0.15) is 15.0 Å². The zero-order valence-electron chi connectivity index (χ0n) is 15.1. The summed E-state index contributed by atoms with van der Waals surface area (Å²) in [4.78, 5) is 12.8. The standard InChI is InChI=1S/C17H21N7OS/c1-10(26-16-24-23-13(25-16)17(2,3)4)12-20-14(18)22-15(21-12)19-11-8-6-5-7-9-11/h5-10H,1-4H3,(H3,18,19,20,21,22). The molecule has 8 nitrogen and oxygen atoms in total. The van der Waals surface area contributed by atoms with Crippen molar-refractivity contribution in [3.63, 3.8) is 0 Å². The average Bonchev–Trinajstić information content (AvgIpc) is 3.04. The van der Waals surface area contributed by atoms with E-state index in [-0.39, 0.29) is 16.6 Å². The molecule has 9 heteroatoms. The lowest BCUT2D eigenvalue weighted by atomic mass is 9.97. The molecule has 3 N–H and O–H groups in total. The van der Waals surface area contributed by atoms with Gasteiger partial charge in [0.15, 0.2) is 0 Å². The number of aromatic nitrogens is 5. The van der Waals surface area contributed by atoms with Crippen molar-refractivity contribution >= 4 is 29.3 Å². The fraction of sp³-hybridized carbons (Fsp3) is 0.353. The van der Waals surface area contributed by atoms with Gasteiger partial charge in [-0.3, -0.25) is 0 Å². The van der Waals surface area contributed by atoms with Gasteiger partial charge in [0.25, 0.3) is 5.22 Å². The summed E-state index contributed by atoms with van der Waals surface area (Å²) < 4.78 is 5.72. The Balaban J connectivity index is 1.76. The van der Waals surface area contributed by atoms with Crippen molar-refractivity contribution in [2.45, 2.75) is 43.6 Å². The molecule has 0 aliphatic rings. The minimum Gasteiger partial charge on any atom is -0.415 e. The number of anilines is 3. The Hall–Kier alpha value is -2.68. The van der Waals surface area contributed by atoms with Crippen LogP contribution >= 0.6 is 11.8 Å². The fourth-order valence-electron chi connectivity index (χ4n) is 2.06. The number of hydrogen-bond acceptors (Lipinski definition) is 9. The number of nitrogens with one attached hydrogen (secondary N) is 1. The number of rotatable bonds is 5. The van der Waals surface area contributed by atoms with E-state index in [0.29, 0.717) is 22.9 Å². The van der Waals surface area contributed by atoms with Gasteiger partial charge in [0.05, 0.1) is 5.25 Å². The van der Waals surface area contributed by atoms with Crippen molar-refractivity contribution in [3.8, 4) is 0 Å². The Morgan fingerprint density at radius 3 is 2.46 bits per heavy atom. The molecule has 136 valence electrons. The lowest BCUT2D eigenvalue weighted by Gasteiger charge is -2.12. The second kappa shape index (κ2) is 7.28. The number of para-hydroxylation sites is 1. The highest BCUT2D eigenvalue weighted by molar-refractivity contribution is 7.99. The molecule has 0 saturated heterocycles. The highest BCUT2D eigenvalue weighted by atomic mass is 32.2. The van der Waals surface area contributed by atoms with Crippen LogP contribution in [0, 0.1) is 0 Å². The van der Waals surface area contributed by atoms with Crippen LogP contribution in [0.1, 0.15) is 44.7 Å². The largest absolute Gasteiger partial charge is 0.415 e. The van der Waals surface area contributed by atoms with E-state index in [1.54, 1.807) is 0 Å². The maximum atomic E-state index is 5.84. The van der Waals surface area contributed by atoms with E-state index < -0.39 is 0 Å². The van der Waals surface area contributed by atoms with Crippen LogP contribution in [0.15, 0.2) is 40.0 Å². The van der Waals surface area contributed by atoms with Gasteiger partial charge >= 0.3 is 0 Å². The third kappa shape index (κ3) is 4.48. The van der Waals surface area contributed by atoms with Gasteiger partial charge < -0.3 is 15.5 Å². The number of nitrogen functional groups attached to an aromatic ring is 1. The first-order chi connectivity index (χ1) is 12.3. The second-order valence-electron chi connectivity index (χ2n) is 6.75. The quantitative estimate of drug-likeness (QED) is 0.647. The van der Waals surface area contributed by atoms with Crippen LogP contribution < -0.4 is 11.1 Å². The summed E-state index contributed by atoms with van der Waals surface area (Å²) in [5.41, 5.74) is 6.52. The molecule has 0 bridgehead atoms. The van der Waals surface area contributed by atoms with Gasteiger partial charge in [0.2, 0.25) is 17.8 Å². The molecule has 3 aromatic rings. The Morgan fingerprint density at radius 1 is 1.08 bits per heavy atom. The maximum Gasteiger partial charge on any atom is 0.277 e. The van der Waals surface area contributed by atoms with E-state index in [4.69, 9.17) is 10.2 Å². The second-order valence-corrected chi connectivity index (χ2v) is 8.04. The first kappa shape index (κ1) is 18.1. The highest BCUT2D eigenvalue weighted by Crippen LogP contribution is 2.34. The number of benzene rings is 1. The molecule has 2 aromatic heterocycles. The van der Waals surface area contributed by atoms with Crippen LogP contribution in [-0.4, -0.2) is 25.1 Å². The summed E-state index contributed by atoms with van der Waals surface area (Å²) in [5.74, 6) is 1.68. The zero-order chi connectivity index (χ0) is 18.7. The van der Waals surface area contributed by atoms with Crippen molar-refractivity contribution in [1.29, 1.82) is 0 Å². The highest BCUT2D eigenvalue weighted by Gasteiger charge is 2.23. The minimum absolute atomic E-state index is 0.134. The van der Waals surface area contributed by atoms with Crippen molar-refractivity contribution in [1.82, 2.24) is 25.1 Å². The Morgan fingerprint density at radius 2 is 1.81 bits per heavy atom. The number of hydrogen-bond donors (Lipinski definition) is 2. The summed E-state index contributed by atoms with van der Waals surface area (Å²) in [5, 5.41) is 11.6. The molecule has 0 aliphatic heterocycles. The zero-order valence-corrected chi connectivity index (χ0v) is 15.9. The number of nitrogens with zero attached hydrogens (tertiary/aromatic N) is 5. The van der Waals surface area contributed by atoms with Crippen molar-refractivity contribution < 1.29 is 4.42 Å². The van der Waals surface area contributed by atoms with E-state index in [9.17, 15) is 0 Å². The maximum absolute atomic E-state index is 5.84. The van der Waals surface area contributed by atoms with E-state index in [0.717, 1.165) is 5.69 Å². The number of nitrogens with two attached hydrogens (primary N) is 1. The molecular formula is C17H21N7OS. The molecule has 1 aromatic carbocycles. The summed E-state index contributed by atoms with van der Waals surface area (Å²) >= 11 is 1.38. The van der Waals surface area contributed by atoms with Gasteiger partial charge in [0, 0.05) is 11.1 Å². The first-order valence-corrected chi connectivity index (χ1v) is 9.03. The molecule has 0 spiro atoms. The number of thioether (sulfide) groups is 1. The molecule has 0 amide bonds. The van der Waals surface area contributed by atoms with Crippen LogP contribution in [0.5, 0.6) is 0 Å². The molecule has 0 saturated carbocycles. The smallest absolute Gasteiger partial charge is 0.277 e. The Bertz CT molecular complexity index is 876. The topological polar surface area (TPSA) is 116 Å². The molecule has 1 unspecified atom stereocenters. The molecule has 0 aliphatic carbocycles. The van der Waals surface area contributed by atoms with Gasteiger partial charge in [0.1, 0.15) is 5.82 Å². The Labute approximate surface area is 156 Å². The molecular weight excluding hydrogens is 350 g/mol. The Kier molecular flexibility index (Phi) is 5.08. The van der Waals surface area contributed by atoms with Gasteiger partial charge in [-0.05, 0) is 19.1 Å². The normalized spacial score (nSPS) is 12.8. The molecule has 0 radical (unpaired) electrons. The summed E-state index contributed by atoms with van der Waals surface area (Å²) in [6.45, 7) is 8.01. The van der Waals surface area contributed by atoms with Gasteiger partial charge in [-0.15, -0.1) is 10.2 Å². The predicted molar refractivity (Wildman–Crippen MR) is 101 cm³/mol. The van der Waals surface area contributed by atoms with Crippen LogP contribution in [0.3, 0.4) is 0 Å². The average molecular weight is 371 g/mol. The van der Waals surface area contributed by atoms with Crippen molar-refractivity contribution in [3.05, 3.63) is 42.0 Å². The van der Waals surface area contributed by atoms with Gasteiger partial charge in [-0.25, -0.2) is 0 Å². The van der Waals surface area contributed by atoms with Crippen LogP contribution in [-0.2, 0) is 5.41 Å². The molecule has 3 rings (SSSR count). The lowest BCUT2D eigenvalue weighted by molar-refractivity contribution is 0.347. The molecule has 1 atom stereocenters. The van der Waals surface area contributed by atoms with Crippen LogP contribution in [0.4, 0.5) is 17.6 Å². The van der Waals surface area contributed by atoms with Gasteiger partial charge in [-0.1, -0.05) is 50.7 Å². The molecule has 2 heterocycles. The van der Waals surface area contributed by atoms with Crippen molar-refractivity contribution in [2.24, 2.45) is 0 Å². The SMILES string of the molecule is CC(Sc1nnc(C(C)(C)C)o1)c1nc(N)nc(Nc2ccccc2)n1. The summed E-state index contributed by atoms with van der Waals surface area (Å²) in [6, 6.07) is 9.63. The monoisotopic (exact) mass is 371 g/mol. The lowest BCUT2D eigenvalue weighted by Crippen LogP contribution is -2.11. The summed E-state index contributed by atoms with van der Waals surface area (Å²) in [6.07, 6.45) is 0. The molecule has 26 heavy (non-hydrogen) atoms. The minimum atomic E-state index is -0.195. The van der Waals surface area contributed by atoms with E-state index in [1.165, 1.54) is 11.8 Å². The third-order valence-corrected chi connectivity index (χ3v) is 4.32. The van der Waals surface area contributed by atoms with E-state index in [2.05, 4.69) is 30.5 Å². The van der Waals surface area contributed by atoms with E-state index >= 15 is 0 Å². The van der Waals surface area contributed by atoms with Crippen LogP contribution in [0.2, 0.25) is 0 Å². The van der Waals surface area contributed by atoms with Crippen molar-refractivity contribution in [2.75, 3.05) is 11.1 Å². The third-order valence-electron chi connectivity index (χ3n) is 3.39. The molecule has 0 fully saturated rings.